The van der Waals surface area contributed by atoms with Gasteiger partial charge in [0.2, 0.25) is 0 Å². The molecule has 0 spiro atoms. The molecule has 0 radical (unpaired) electrons. The molecule has 2 aromatic rings. The maximum atomic E-state index is 14.0. The van der Waals surface area contributed by atoms with Crippen LogP contribution in [-0.4, -0.2) is 0 Å². The van der Waals surface area contributed by atoms with Crippen LogP contribution in [0.25, 0.3) is 0 Å². The fourth-order valence-electron chi connectivity index (χ4n) is 1.91. The number of nitrogens with zero attached hydrogens (tertiary/aromatic N) is 1. The number of hydrogen-bond acceptors (Lipinski definition) is 2. The third-order valence-corrected chi connectivity index (χ3v) is 3.41. The summed E-state index contributed by atoms with van der Waals surface area (Å²) in [6.45, 7) is 1.55. The zero-order valence-corrected chi connectivity index (χ0v) is 12.2. The predicted molar refractivity (Wildman–Crippen MR) is 77.1 cm³/mol. The van der Waals surface area contributed by atoms with E-state index in [1.807, 2.05) is 6.07 Å². The molecule has 0 aliphatic rings. The second kappa shape index (κ2) is 5.59. The summed E-state index contributed by atoms with van der Waals surface area (Å²) < 4.78 is 27.8. The first-order chi connectivity index (χ1) is 9.44. The lowest BCUT2D eigenvalue weighted by molar-refractivity contribution is 0.569. The van der Waals surface area contributed by atoms with Gasteiger partial charge in [0, 0.05) is 15.7 Å². The Bertz CT molecular complexity index is 682. The van der Waals surface area contributed by atoms with Gasteiger partial charge < -0.3 is 5.32 Å². The molecule has 20 heavy (non-hydrogen) atoms. The van der Waals surface area contributed by atoms with Crippen molar-refractivity contribution in [2.75, 3.05) is 5.32 Å². The van der Waals surface area contributed by atoms with Gasteiger partial charge in [-0.05, 0) is 37.3 Å². The van der Waals surface area contributed by atoms with E-state index in [-0.39, 0.29) is 5.56 Å². The van der Waals surface area contributed by atoms with E-state index in [4.69, 9.17) is 0 Å². The Morgan fingerprint density at radius 1 is 1.20 bits per heavy atom. The topological polar surface area (TPSA) is 35.8 Å². The summed E-state index contributed by atoms with van der Waals surface area (Å²) in [7, 11) is 0. The smallest absolute Gasteiger partial charge is 0.151 e. The summed E-state index contributed by atoms with van der Waals surface area (Å²) in [6.07, 6.45) is 0. The van der Waals surface area contributed by atoms with Crippen LogP contribution in [0.5, 0.6) is 0 Å². The van der Waals surface area contributed by atoms with Crippen molar-refractivity contribution in [3.63, 3.8) is 0 Å². The molecule has 0 bridgehead atoms. The molecule has 5 heteroatoms. The number of halogens is 3. The third-order valence-electron chi connectivity index (χ3n) is 2.91. The largest absolute Gasteiger partial charge is 0.364 e. The average molecular weight is 337 g/mol. The molecule has 0 saturated carbocycles. The Hall–Kier alpha value is -1.93. The van der Waals surface area contributed by atoms with Gasteiger partial charge in [0.15, 0.2) is 5.54 Å². The van der Waals surface area contributed by atoms with Crippen molar-refractivity contribution in [3.05, 3.63) is 64.1 Å². The Balaban J connectivity index is 2.41. The van der Waals surface area contributed by atoms with E-state index in [0.717, 1.165) is 0 Å². The molecule has 0 aromatic heterocycles. The summed E-state index contributed by atoms with van der Waals surface area (Å²) >= 11 is 3.17. The molecule has 1 unspecified atom stereocenters. The molecular weight excluding hydrogens is 326 g/mol. The monoisotopic (exact) mass is 336 g/mol. The third kappa shape index (κ3) is 2.97. The van der Waals surface area contributed by atoms with Crippen LogP contribution < -0.4 is 5.32 Å². The van der Waals surface area contributed by atoms with Crippen LogP contribution in [0.2, 0.25) is 0 Å². The number of rotatable bonds is 3. The molecule has 1 atom stereocenters. The summed E-state index contributed by atoms with van der Waals surface area (Å²) in [4.78, 5) is 0. The normalized spacial score (nSPS) is 13.3. The Labute approximate surface area is 124 Å². The molecule has 0 aliphatic carbocycles. The minimum atomic E-state index is -1.29. The molecule has 0 fully saturated rings. The van der Waals surface area contributed by atoms with Gasteiger partial charge in [-0.2, -0.15) is 5.26 Å². The van der Waals surface area contributed by atoms with Gasteiger partial charge in [0.05, 0.1) is 6.07 Å². The van der Waals surface area contributed by atoms with Crippen molar-refractivity contribution in [2.45, 2.75) is 12.5 Å². The highest BCUT2D eigenvalue weighted by Crippen LogP contribution is 2.29. The zero-order chi connectivity index (χ0) is 14.8. The second-order valence-electron chi connectivity index (χ2n) is 4.50. The molecular formula is C15H11BrF2N2. The van der Waals surface area contributed by atoms with Gasteiger partial charge in [-0.3, -0.25) is 0 Å². The zero-order valence-electron chi connectivity index (χ0n) is 10.6. The molecule has 102 valence electrons. The molecule has 1 N–H and O–H groups in total. The van der Waals surface area contributed by atoms with Crippen molar-refractivity contribution in [1.82, 2.24) is 0 Å². The van der Waals surface area contributed by atoms with E-state index >= 15 is 0 Å². The van der Waals surface area contributed by atoms with Gasteiger partial charge in [-0.15, -0.1) is 0 Å². The number of benzene rings is 2. The van der Waals surface area contributed by atoms with Crippen molar-refractivity contribution in [3.8, 4) is 6.07 Å². The molecule has 2 rings (SSSR count). The minimum Gasteiger partial charge on any atom is -0.364 e. The van der Waals surface area contributed by atoms with E-state index in [2.05, 4.69) is 21.2 Å². The standard InChI is InChI=1S/C15H11BrF2N2/c1-15(9-19,13-6-5-10(16)7-14(13)18)20-12-4-2-3-11(17)8-12/h2-8,20H,1H3. The van der Waals surface area contributed by atoms with Crippen LogP contribution in [0.1, 0.15) is 12.5 Å². The van der Waals surface area contributed by atoms with Crippen LogP contribution in [0, 0.1) is 23.0 Å². The van der Waals surface area contributed by atoms with E-state index in [9.17, 15) is 14.0 Å². The minimum absolute atomic E-state index is 0.201. The highest BCUT2D eigenvalue weighted by atomic mass is 79.9. The highest BCUT2D eigenvalue weighted by Gasteiger charge is 2.29. The first-order valence-corrected chi connectivity index (χ1v) is 6.64. The fourth-order valence-corrected chi connectivity index (χ4v) is 2.24. The maximum Gasteiger partial charge on any atom is 0.151 e. The van der Waals surface area contributed by atoms with Crippen LogP contribution in [0.4, 0.5) is 14.5 Å². The lowest BCUT2D eigenvalue weighted by atomic mass is 9.92. The van der Waals surface area contributed by atoms with Gasteiger partial charge in [-0.1, -0.05) is 28.1 Å². The molecule has 2 aromatic carbocycles. The number of nitriles is 1. The van der Waals surface area contributed by atoms with Crippen LogP contribution >= 0.6 is 15.9 Å². The second-order valence-corrected chi connectivity index (χ2v) is 5.41. The van der Waals surface area contributed by atoms with Gasteiger partial charge in [0.1, 0.15) is 11.6 Å². The van der Waals surface area contributed by atoms with Gasteiger partial charge >= 0.3 is 0 Å². The van der Waals surface area contributed by atoms with E-state index in [0.29, 0.717) is 10.2 Å². The molecule has 2 nitrogen and oxygen atoms in total. The van der Waals surface area contributed by atoms with Crippen LogP contribution in [0.15, 0.2) is 46.9 Å². The van der Waals surface area contributed by atoms with Crippen molar-refractivity contribution in [1.29, 1.82) is 5.26 Å². The predicted octanol–water partition coefficient (Wildman–Crippen LogP) is 4.58. The van der Waals surface area contributed by atoms with Crippen molar-refractivity contribution < 1.29 is 8.78 Å². The van der Waals surface area contributed by atoms with Gasteiger partial charge in [0.25, 0.3) is 0 Å². The Morgan fingerprint density at radius 3 is 2.55 bits per heavy atom. The quantitative estimate of drug-likeness (QED) is 0.890. The lowest BCUT2D eigenvalue weighted by Gasteiger charge is -2.25. The highest BCUT2D eigenvalue weighted by molar-refractivity contribution is 9.10. The van der Waals surface area contributed by atoms with E-state index in [1.54, 1.807) is 19.1 Å². The maximum absolute atomic E-state index is 14.0. The number of hydrogen-bond donors (Lipinski definition) is 1. The molecule has 0 heterocycles. The lowest BCUT2D eigenvalue weighted by Crippen LogP contribution is -2.31. The van der Waals surface area contributed by atoms with E-state index < -0.39 is 17.2 Å². The van der Waals surface area contributed by atoms with Crippen molar-refractivity contribution in [2.24, 2.45) is 0 Å². The van der Waals surface area contributed by atoms with E-state index in [1.165, 1.54) is 30.3 Å². The van der Waals surface area contributed by atoms with Gasteiger partial charge in [-0.25, -0.2) is 8.78 Å². The molecule has 0 amide bonds. The summed E-state index contributed by atoms with van der Waals surface area (Å²) in [5.41, 5.74) is -0.678. The Kier molecular flexibility index (Phi) is 4.05. The molecule has 0 saturated heterocycles. The Morgan fingerprint density at radius 2 is 1.95 bits per heavy atom. The first-order valence-electron chi connectivity index (χ1n) is 5.85. The van der Waals surface area contributed by atoms with Crippen LogP contribution in [0.3, 0.4) is 0 Å². The summed E-state index contributed by atoms with van der Waals surface area (Å²) in [5, 5.41) is 12.2. The van der Waals surface area contributed by atoms with Crippen LogP contribution in [-0.2, 0) is 5.54 Å². The first kappa shape index (κ1) is 14.5. The molecule has 0 aliphatic heterocycles. The summed E-state index contributed by atoms with van der Waals surface area (Å²) in [5.74, 6) is -0.932. The SMILES string of the molecule is CC(C#N)(Nc1cccc(F)c1)c1ccc(Br)cc1F. The number of anilines is 1. The number of nitrogens with one attached hydrogen (secondary N) is 1. The van der Waals surface area contributed by atoms with Crippen molar-refractivity contribution >= 4 is 21.6 Å². The summed E-state index contributed by atoms with van der Waals surface area (Å²) in [6, 6.07) is 12.2. The average Bonchev–Trinajstić information content (AvgIpc) is 2.38. The fraction of sp³-hybridized carbons (Fsp3) is 0.133.